The molecule has 0 unspecified atom stereocenters. The highest BCUT2D eigenvalue weighted by molar-refractivity contribution is 5.93. The van der Waals surface area contributed by atoms with Gasteiger partial charge in [0.2, 0.25) is 0 Å². The van der Waals surface area contributed by atoms with Crippen molar-refractivity contribution in [2.45, 2.75) is 78.7 Å². The minimum atomic E-state index is 0.251. The highest BCUT2D eigenvalue weighted by atomic mass is 16.1. The highest BCUT2D eigenvalue weighted by Gasteiger charge is 2.80. The van der Waals surface area contributed by atoms with Crippen LogP contribution >= 0.6 is 0 Å². The molecule has 0 bridgehead atoms. The first kappa shape index (κ1) is 18.4. The summed E-state index contributed by atoms with van der Waals surface area (Å²) in [4.78, 5) is 14.8. The molecule has 0 N–H and O–H groups in total. The lowest BCUT2D eigenvalue weighted by Crippen LogP contribution is -2.56. The smallest absolute Gasteiger partial charge is 0.158 e. The van der Waals surface area contributed by atoms with Crippen LogP contribution in [0.15, 0.2) is 12.2 Å². The average molecular weight is 370 g/mol. The lowest BCUT2D eigenvalue weighted by molar-refractivity contribution is -0.132. The molecule has 5 rings (SSSR count). The molecule has 0 aliphatic heterocycles. The number of ketones is 1. The van der Waals surface area contributed by atoms with Crippen molar-refractivity contribution in [3.8, 4) is 0 Å². The van der Waals surface area contributed by atoms with Crippen molar-refractivity contribution >= 4 is 5.78 Å². The molecule has 2 spiro atoms. The summed E-state index contributed by atoms with van der Waals surface area (Å²) in [5.74, 6) is 2.95. The van der Waals surface area contributed by atoms with Gasteiger partial charge in [-0.05, 0) is 111 Å². The van der Waals surface area contributed by atoms with E-state index in [-0.39, 0.29) is 5.92 Å². The van der Waals surface area contributed by atoms with Crippen LogP contribution in [0.2, 0.25) is 0 Å². The molecule has 2 heteroatoms. The summed E-state index contributed by atoms with van der Waals surface area (Å²) in [5, 5.41) is 0. The quantitative estimate of drug-likeness (QED) is 0.655. The second-order valence-corrected chi connectivity index (χ2v) is 11.8. The minimum Gasteiger partial charge on any atom is -0.306 e. The van der Waals surface area contributed by atoms with Gasteiger partial charge in [0, 0.05) is 12.0 Å². The van der Waals surface area contributed by atoms with E-state index in [9.17, 15) is 4.79 Å². The SMILES string of the molecule is C[C@H]1C(=O)C=C[C@]23C[C@]24CC[C@]2(C)[C@H]([C@H](C)N(C)C)CC[C@@]2(C)[C@@H]4CC[C@@H]13. The number of hydrogen-bond acceptors (Lipinski definition) is 2. The summed E-state index contributed by atoms with van der Waals surface area (Å²) < 4.78 is 0. The molecule has 0 saturated heterocycles. The van der Waals surface area contributed by atoms with Gasteiger partial charge in [0.1, 0.15) is 0 Å². The fraction of sp³-hybridized carbons (Fsp3) is 0.880. The Balaban J connectivity index is 1.53. The van der Waals surface area contributed by atoms with Crippen molar-refractivity contribution in [2.75, 3.05) is 14.1 Å². The normalized spacial score (nSPS) is 56.9. The number of carbonyl (C=O) groups excluding carboxylic acids is 1. The van der Waals surface area contributed by atoms with Gasteiger partial charge < -0.3 is 4.90 Å². The summed E-state index contributed by atoms with van der Waals surface area (Å²) >= 11 is 0. The molecule has 150 valence electrons. The Hall–Kier alpha value is -0.630. The molecule has 0 radical (unpaired) electrons. The zero-order valence-electron chi connectivity index (χ0n) is 18.3. The van der Waals surface area contributed by atoms with Crippen molar-refractivity contribution in [3.05, 3.63) is 12.2 Å². The van der Waals surface area contributed by atoms with Crippen LogP contribution in [0.1, 0.15) is 72.6 Å². The van der Waals surface area contributed by atoms with Gasteiger partial charge in [-0.2, -0.15) is 0 Å². The average Bonchev–Trinajstić information content (AvgIpc) is 3.21. The zero-order valence-corrected chi connectivity index (χ0v) is 18.3. The van der Waals surface area contributed by atoms with E-state index < -0.39 is 0 Å². The number of fused-ring (bicyclic) bond motifs is 2. The van der Waals surface area contributed by atoms with E-state index in [1.165, 1.54) is 44.9 Å². The predicted octanol–water partition coefficient (Wildman–Crippen LogP) is 5.33. The summed E-state index contributed by atoms with van der Waals surface area (Å²) in [6, 6.07) is 0.669. The minimum absolute atomic E-state index is 0.251. The third-order valence-electron chi connectivity index (χ3n) is 11.5. The largest absolute Gasteiger partial charge is 0.306 e. The molecule has 9 atom stereocenters. The summed E-state index contributed by atoms with van der Waals surface area (Å²) in [6.45, 7) is 10.00. The van der Waals surface area contributed by atoms with Gasteiger partial charge >= 0.3 is 0 Å². The Labute approximate surface area is 166 Å². The molecule has 5 aliphatic carbocycles. The van der Waals surface area contributed by atoms with E-state index in [2.05, 4.69) is 52.8 Å². The molecular formula is C25H39NO. The molecule has 2 nitrogen and oxygen atoms in total. The number of hydrogen-bond donors (Lipinski definition) is 0. The number of carbonyl (C=O) groups is 1. The molecule has 0 amide bonds. The highest BCUT2D eigenvalue weighted by Crippen LogP contribution is 2.87. The molecule has 4 saturated carbocycles. The van der Waals surface area contributed by atoms with E-state index in [0.29, 0.717) is 39.4 Å². The third kappa shape index (κ3) is 1.90. The van der Waals surface area contributed by atoms with E-state index in [0.717, 1.165) is 11.8 Å². The molecule has 0 heterocycles. The van der Waals surface area contributed by atoms with Crippen molar-refractivity contribution in [2.24, 2.45) is 45.3 Å². The number of rotatable bonds is 2. The van der Waals surface area contributed by atoms with Gasteiger partial charge in [-0.25, -0.2) is 0 Å². The van der Waals surface area contributed by atoms with Crippen LogP contribution in [0.25, 0.3) is 0 Å². The Bertz CT molecular complexity index is 711. The Morgan fingerprint density at radius 3 is 2.52 bits per heavy atom. The van der Waals surface area contributed by atoms with Gasteiger partial charge in [-0.1, -0.05) is 26.8 Å². The van der Waals surface area contributed by atoms with Crippen LogP contribution in [0.5, 0.6) is 0 Å². The van der Waals surface area contributed by atoms with Gasteiger partial charge in [0.05, 0.1) is 0 Å². The topological polar surface area (TPSA) is 20.3 Å². The van der Waals surface area contributed by atoms with Crippen LogP contribution in [0, 0.1) is 45.3 Å². The third-order valence-corrected chi connectivity index (χ3v) is 11.5. The first-order valence-electron chi connectivity index (χ1n) is 11.5. The summed E-state index contributed by atoms with van der Waals surface area (Å²) in [7, 11) is 4.53. The second kappa shape index (κ2) is 5.29. The zero-order chi connectivity index (χ0) is 19.4. The van der Waals surface area contributed by atoms with E-state index in [1.54, 1.807) is 0 Å². The Morgan fingerprint density at radius 1 is 1.07 bits per heavy atom. The summed E-state index contributed by atoms with van der Waals surface area (Å²) in [6.07, 6.45) is 14.0. The first-order chi connectivity index (χ1) is 12.6. The lowest BCUT2D eigenvalue weighted by Gasteiger charge is -2.61. The van der Waals surface area contributed by atoms with Crippen LogP contribution in [0.3, 0.4) is 0 Å². The van der Waals surface area contributed by atoms with Crippen LogP contribution in [-0.4, -0.2) is 30.8 Å². The van der Waals surface area contributed by atoms with Gasteiger partial charge in [-0.3, -0.25) is 4.79 Å². The molecule has 0 aromatic heterocycles. The lowest BCUT2D eigenvalue weighted by atomic mass is 9.43. The molecule has 0 aromatic carbocycles. The molecular weight excluding hydrogens is 330 g/mol. The van der Waals surface area contributed by atoms with Crippen molar-refractivity contribution in [3.63, 3.8) is 0 Å². The Morgan fingerprint density at radius 2 is 1.81 bits per heavy atom. The molecule has 4 fully saturated rings. The maximum atomic E-state index is 12.4. The predicted molar refractivity (Wildman–Crippen MR) is 110 cm³/mol. The first-order valence-corrected chi connectivity index (χ1v) is 11.5. The van der Waals surface area contributed by atoms with Crippen molar-refractivity contribution in [1.29, 1.82) is 0 Å². The monoisotopic (exact) mass is 369 g/mol. The van der Waals surface area contributed by atoms with E-state index >= 15 is 0 Å². The van der Waals surface area contributed by atoms with Gasteiger partial charge in [-0.15, -0.1) is 0 Å². The standard InChI is InChI=1S/C25H39NO/c1-16-18-7-8-21-23(4)11-9-19(17(2)26(5)6)22(23,3)13-14-25(21)15-24(18,25)12-10-20(16)27/h10,12,16-19,21H,7-9,11,13-15H2,1-6H3/t16-,17+,18+,19+,21+,22-,23+,24-,25+/m1/s1. The molecule has 27 heavy (non-hydrogen) atoms. The Kier molecular flexibility index (Phi) is 3.61. The van der Waals surface area contributed by atoms with Crippen LogP contribution in [-0.2, 0) is 4.79 Å². The van der Waals surface area contributed by atoms with E-state index in [1.807, 2.05) is 6.08 Å². The second-order valence-electron chi connectivity index (χ2n) is 11.8. The maximum Gasteiger partial charge on any atom is 0.158 e. The van der Waals surface area contributed by atoms with Gasteiger partial charge in [0.25, 0.3) is 0 Å². The molecule has 0 aromatic rings. The van der Waals surface area contributed by atoms with Gasteiger partial charge in [0.15, 0.2) is 5.78 Å². The van der Waals surface area contributed by atoms with Crippen molar-refractivity contribution in [1.82, 2.24) is 4.90 Å². The maximum absolute atomic E-state index is 12.4. The van der Waals surface area contributed by atoms with Crippen molar-refractivity contribution < 1.29 is 4.79 Å². The van der Waals surface area contributed by atoms with Crippen LogP contribution in [0.4, 0.5) is 0 Å². The van der Waals surface area contributed by atoms with E-state index in [4.69, 9.17) is 0 Å². The fourth-order valence-electron chi connectivity index (χ4n) is 9.50. The van der Waals surface area contributed by atoms with Crippen LogP contribution < -0.4 is 0 Å². The molecule has 5 aliphatic rings. The number of nitrogens with zero attached hydrogens (tertiary/aromatic N) is 1. The number of allylic oxidation sites excluding steroid dienone is 2. The fourth-order valence-corrected chi connectivity index (χ4v) is 9.50. The summed E-state index contributed by atoms with van der Waals surface area (Å²) in [5.41, 5.74) is 1.85.